The molecule has 1 unspecified atom stereocenters. The fraction of sp³-hybridized carbons (Fsp3) is 0.429. The maximum absolute atomic E-state index is 12.0. The molecule has 1 aromatic carbocycles. The van der Waals surface area contributed by atoms with Crippen LogP contribution in [0.2, 0.25) is 5.02 Å². The van der Waals surface area contributed by atoms with Gasteiger partial charge in [-0.25, -0.2) is 0 Å². The highest BCUT2D eigenvalue weighted by Crippen LogP contribution is 2.16. The molecule has 0 radical (unpaired) electrons. The van der Waals surface area contributed by atoms with Crippen molar-refractivity contribution < 1.29 is 9.59 Å². The molecule has 0 aromatic heterocycles. The number of benzene rings is 1. The van der Waals surface area contributed by atoms with Gasteiger partial charge in [0.1, 0.15) is 0 Å². The van der Waals surface area contributed by atoms with Crippen LogP contribution < -0.4 is 5.32 Å². The molecule has 1 aliphatic heterocycles. The molecule has 1 N–H and O–H groups in total. The second kappa shape index (κ2) is 6.06. The molecular weight excluding hydrogens is 264 g/mol. The molecule has 1 atom stereocenters. The molecule has 0 saturated carbocycles. The van der Waals surface area contributed by atoms with Crippen LogP contribution in [0, 0.1) is 0 Å². The zero-order valence-corrected chi connectivity index (χ0v) is 11.6. The Morgan fingerprint density at radius 1 is 1.42 bits per heavy atom. The van der Waals surface area contributed by atoms with Gasteiger partial charge in [-0.15, -0.1) is 0 Å². The first-order valence-corrected chi connectivity index (χ1v) is 6.79. The standard InChI is InChI=1S/C14H17ClN2O2/c1-10-5-4-8-17(10)13(18)9-16-14(19)11-6-2-3-7-12(11)15/h2-3,6-7,10H,4-5,8-9H2,1H3,(H,16,19). The van der Waals surface area contributed by atoms with Crippen LogP contribution in [-0.2, 0) is 4.79 Å². The molecule has 0 bridgehead atoms. The predicted octanol–water partition coefficient (Wildman–Crippen LogP) is 2.08. The first kappa shape index (κ1) is 13.9. The number of carbonyl (C=O) groups is 2. The lowest BCUT2D eigenvalue weighted by atomic mass is 10.2. The molecule has 0 spiro atoms. The maximum Gasteiger partial charge on any atom is 0.253 e. The molecule has 19 heavy (non-hydrogen) atoms. The van der Waals surface area contributed by atoms with Gasteiger partial charge in [0.05, 0.1) is 17.1 Å². The summed E-state index contributed by atoms with van der Waals surface area (Å²) in [6.07, 6.45) is 2.07. The van der Waals surface area contributed by atoms with E-state index < -0.39 is 0 Å². The van der Waals surface area contributed by atoms with Crippen LogP contribution in [-0.4, -0.2) is 35.8 Å². The molecule has 4 nitrogen and oxygen atoms in total. The fourth-order valence-corrected chi connectivity index (χ4v) is 2.52. The smallest absolute Gasteiger partial charge is 0.253 e. The zero-order valence-electron chi connectivity index (χ0n) is 10.9. The lowest BCUT2D eigenvalue weighted by Crippen LogP contribution is -2.41. The normalized spacial score (nSPS) is 18.4. The molecular formula is C14H17ClN2O2. The molecule has 1 aromatic rings. The van der Waals surface area contributed by atoms with Crippen LogP contribution >= 0.6 is 11.6 Å². The molecule has 1 heterocycles. The highest BCUT2D eigenvalue weighted by atomic mass is 35.5. The Labute approximate surface area is 117 Å². The van der Waals surface area contributed by atoms with Gasteiger partial charge in [0.25, 0.3) is 5.91 Å². The van der Waals surface area contributed by atoms with Gasteiger partial charge in [0, 0.05) is 12.6 Å². The number of rotatable bonds is 3. The third-order valence-corrected chi connectivity index (χ3v) is 3.72. The monoisotopic (exact) mass is 280 g/mol. The largest absolute Gasteiger partial charge is 0.343 e. The summed E-state index contributed by atoms with van der Waals surface area (Å²) in [6.45, 7) is 2.83. The van der Waals surface area contributed by atoms with E-state index in [0.29, 0.717) is 10.6 Å². The summed E-state index contributed by atoms with van der Waals surface area (Å²) < 4.78 is 0. The Balaban J connectivity index is 1.90. The van der Waals surface area contributed by atoms with Crippen LogP contribution in [0.15, 0.2) is 24.3 Å². The number of halogens is 1. The van der Waals surface area contributed by atoms with Gasteiger partial charge >= 0.3 is 0 Å². The number of likely N-dealkylation sites (tertiary alicyclic amines) is 1. The first-order chi connectivity index (χ1) is 9.09. The third-order valence-electron chi connectivity index (χ3n) is 3.39. The minimum atomic E-state index is -0.314. The molecule has 2 rings (SSSR count). The van der Waals surface area contributed by atoms with Gasteiger partial charge in [0.15, 0.2) is 0 Å². The molecule has 1 aliphatic rings. The van der Waals surface area contributed by atoms with E-state index in [1.807, 2.05) is 11.8 Å². The Bertz CT molecular complexity index is 490. The minimum Gasteiger partial charge on any atom is -0.343 e. The van der Waals surface area contributed by atoms with Gasteiger partial charge in [0.2, 0.25) is 5.91 Å². The van der Waals surface area contributed by atoms with Gasteiger partial charge in [-0.3, -0.25) is 9.59 Å². The van der Waals surface area contributed by atoms with Gasteiger partial charge in [-0.1, -0.05) is 23.7 Å². The summed E-state index contributed by atoms with van der Waals surface area (Å²) in [5.74, 6) is -0.351. The summed E-state index contributed by atoms with van der Waals surface area (Å²) in [6, 6.07) is 7.06. The molecule has 0 aliphatic carbocycles. The van der Waals surface area contributed by atoms with E-state index in [9.17, 15) is 9.59 Å². The first-order valence-electron chi connectivity index (χ1n) is 6.42. The number of amides is 2. The van der Waals surface area contributed by atoms with Crippen molar-refractivity contribution in [1.29, 1.82) is 0 Å². The van der Waals surface area contributed by atoms with E-state index in [-0.39, 0.29) is 24.4 Å². The summed E-state index contributed by atoms with van der Waals surface area (Å²) in [5.41, 5.74) is 0.395. The highest BCUT2D eigenvalue weighted by Gasteiger charge is 2.25. The minimum absolute atomic E-state index is 0.0222. The maximum atomic E-state index is 12.0. The molecule has 1 saturated heterocycles. The number of hydrogen-bond donors (Lipinski definition) is 1. The summed E-state index contributed by atoms with van der Waals surface area (Å²) in [5, 5.41) is 3.01. The number of carbonyl (C=O) groups excluding carboxylic acids is 2. The Kier molecular flexibility index (Phi) is 4.43. The number of nitrogens with one attached hydrogen (secondary N) is 1. The van der Waals surface area contributed by atoms with Crippen LogP contribution in [0.3, 0.4) is 0 Å². The second-order valence-electron chi connectivity index (χ2n) is 4.74. The van der Waals surface area contributed by atoms with Gasteiger partial charge in [-0.2, -0.15) is 0 Å². The average molecular weight is 281 g/mol. The van der Waals surface area contributed by atoms with Crippen molar-refractivity contribution in [2.24, 2.45) is 0 Å². The number of hydrogen-bond acceptors (Lipinski definition) is 2. The zero-order chi connectivity index (χ0) is 13.8. The summed E-state index contributed by atoms with van der Waals surface area (Å²) in [7, 11) is 0. The third kappa shape index (κ3) is 3.26. The van der Waals surface area contributed by atoms with E-state index in [2.05, 4.69) is 5.32 Å². The summed E-state index contributed by atoms with van der Waals surface area (Å²) >= 11 is 5.93. The van der Waals surface area contributed by atoms with Crippen molar-refractivity contribution in [3.8, 4) is 0 Å². The highest BCUT2D eigenvalue weighted by molar-refractivity contribution is 6.33. The summed E-state index contributed by atoms with van der Waals surface area (Å²) in [4.78, 5) is 25.7. The van der Waals surface area contributed by atoms with Crippen LogP contribution in [0.25, 0.3) is 0 Å². The Hall–Kier alpha value is -1.55. The average Bonchev–Trinajstić information content (AvgIpc) is 2.82. The van der Waals surface area contributed by atoms with Crippen LogP contribution in [0.5, 0.6) is 0 Å². The molecule has 102 valence electrons. The Morgan fingerprint density at radius 3 is 2.79 bits per heavy atom. The second-order valence-corrected chi connectivity index (χ2v) is 5.15. The van der Waals surface area contributed by atoms with E-state index in [4.69, 9.17) is 11.6 Å². The van der Waals surface area contributed by atoms with E-state index in [0.717, 1.165) is 19.4 Å². The van der Waals surface area contributed by atoms with Crippen LogP contribution in [0.4, 0.5) is 0 Å². The molecule has 1 fully saturated rings. The fourth-order valence-electron chi connectivity index (χ4n) is 2.30. The Morgan fingerprint density at radius 2 is 2.16 bits per heavy atom. The lowest BCUT2D eigenvalue weighted by Gasteiger charge is -2.21. The van der Waals surface area contributed by atoms with E-state index >= 15 is 0 Å². The van der Waals surface area contributed by atoms with Crippen molar-refractivity contribution >= 4 is 23.4 Å². The number of nitrogens with zero attached hydrogens (tertiary/aromatic N) is 1. The van der Waals surface area contributed by atoms with Gasteiger partial charge < -0.3 is 10.2 Å². The van der Waals surface area contributed by atoms with Gasteiger partial charge in [-0.05, 0) is 31.9 Å². The van der Waals surface area contributed by atoms with Crippen molar-refractivity contribution in [1.82, 2.24) is 10.2 Å². The molecule has 2 amide bonds. The topological polar surface area (TPSA) is 49.4 Å². The lowest BCUT2D eigenvalue weighted by molar-refractivity contribution is -0.130. The predicted molar refractivity (Wildman–Crippen MR) is 74.2 cm³/mol. The quantitative estimate of drug-likeness (QED) is 0.922. The SMILES string of the molecule is CC1CCCN1C(=O)CNC(=O)c1ccccc1Cl. The van der Waals surface area contributed by atoms with Crippen LogP contribution in [0.1, 0.15) is 30.1 Å². The van der Waals surface area contributed by atoms with Crippen molar-refractivity contribution in [2.75, 3.05) is 13.1 Å². The van der Waals surface area contributed by atoms with E-state index in [1.54, 1.807) is 24.3 Å². The van der Waals surface area contributed by atoms with Crippen molar-refractivity contribution in [2.45, 2.75) is 25.8 Å². The van der Waals surface area contributed by atoms with E-state index in [1.165, 1.54) is 0 Å². The van der Waals surface area contributed by atoms with Crippen molar-refractivity contribution in [3.05, 3.63) is 34.9 Å². The molecule has 5 heteroatoms. The van der Waals surface area contributed by atoms with Crippen molar-refractivity contribution in [3.63, 3.8) is 0 Å².